The predicted molar refractivity (Wildman–Crippen MR) is 82.7 cm³/mol. The number of nitrogens with two attached hydrogens (primary N) is 1. The molecule has 2 aromatic rings. The summed E-state index contributed by atoms with van der Waals surface area (Å²) in [7, 11) is 3.65. The van der Waals surface area contributed by atoms with Gasteiger partial charge in [0, 0.05) is 19.1 Å². The van der Waals surface area contributed by atoms with Crippen LogP contribution in [0.4, 0.5) is 4.39 Å². The summed E-state index contributed by atoms with van der Waals surface area (Å²) in [5.74, 6) is 0.596. The van der Waals surface area contributed by atoms with E-state index in [1.165, 1.54) is 12.1 Å². The maximum atomic E-state index is 12.9. The van der Waals surface area contributed by atoms with E-state index in [0.29, 0.717) is 6.54 Å². The van der Waals surface area contributed by atoms with Crippen molar-refractivity contribution in [2.75, 3.05) is 20.7 Å². The molecule has 2 aromatic carbocycles. The van der Waals surface area contributed by atoms with Crippen LogP contribution in [0.15, 0.2) is 48.5 Å². The van der Waals surface area contributed by atoms with Crippen molar-refractivity contribution in [1.29, 1.82) is 0 Å². The maximum absolute atomic E-state index is 12.9. The Balaban J connectivity index is 1.94. The minimum absolute atomic E-state index is 0.0921. The van der Waals surface area contributed by atoms with E-state index in [4.69, 9.17) is 10.5 Å². The summed E-state index contributed by atoms with van der Waals surface area (Å²) < 4.78 is 18.1. The van der Waals surface area contributed by atoms with E-state index in [0.717, 1.165) is 23.4 Å². The molecule has 1 atom stereocenters. The second-order valence-corrected chi connectivity index (χ2v) is 5.21. The quantitative estimate of drug-likeness (QED) is 0.888. The van der Waals surface area contributed by atoms with Crippen LogP contribution < -0.4 is 10.5 Å². The van der Waals surface area contributed by atoms with Gasteiger partial charge in [-0.25, -0.2) is 4.39 Å². The summed E-state index contributed by atoms with van der Waals surface area (Å²) in [5.41, 5.74) is 8.35. The number of hydrogen-bond donors (Lipinski definition) is 1. The van der Waals surface area contributed by atoms with Gasteiger partial charge >= 0.3 is 0 Å². The van der Waals surface area contributed by atoms with Crippen molar-refractivity contribution in [2.24, 2.45) is 5.73 Å². The van der Waals surface area contributed by atoms with Gasteiger partial charge in [-0.2, -0.15) is 0 Å². The Labute approximate surface area is 125 Å². The van der Waals surface area contributed by atoms with Crippen LogP contribution in [0.25, 0.3) is 0 Å². The minimum Gasteiger partial charge on any atom is -0.497 e. The first-order chi connectivity index (χ1) is 10.1. The average molecular weight is 288 g/mol. The average Bonchev–Trinajstić information content (AvgIpc) is 2.49. The smallest absolute Gasteiger partial charge is 0.123 e. The van der Waals surface area contributed by atoms with E-state index in [-0.39, 0.29) is 11.9 Å². The molecule has 1 unspecified atom stereocenters. The van der Waals surface area contributed by atoms with Gasteiger partial charge in [-0.1, -0.05) is 24.3 Å². The lowest BCUT2D eigenvalue weighted by atomic mass is 10.1. The zero-order valence-corrected chi connectivity index (χ0v) is 12.4. The Morgan fingerprint density at radius 2 is 1.90 bits per heavy atom. The Morgan fingerprint density at radius 3 is 2.57 bits per heavy atom. The van der Waals surface area contributed by atoms with Gasteiger partial charge in [-0.15, -0.1) is 0 Å². The number of benzene rings is 2. The molecule has 21 heavy (non-hydrogen) atoms. The van der Waals surface area contributed by atoms with Crippen molar-refractivity contribution >= 4 is 0 Å². The fraction of sp³-hybridized carbons (Fsp3) is 0.294. The van der Waals surface area contributed by atoms with Crippen molar-refractivity contribution in [2.45, 2.75) is 12.6 Å². The summed E-state index contributed by atoms with van der Waals surface area (Å²) in [6.45, 7) is 1.45. The Hall–Kier alpha value is -1.91. The van der Waals surface area contributed by atoms with Gasteiger partial charge in [-0.05, 0) is 42.4 Å². The Bertz CT molecular complexity index is 571. The summed E-state index contributed by atoms with van der Waals surface area (Å²) in [6.07, 6.45) is 0. The van der Waals surface area contributed by atoms with Gasteiger partial charge in [0.1, 0.15) is 11.6 Å². The number of ether oxygens (including phenoxy) is 1. The number of halogens is 1. The third-order valence-electron chi connectivity index (χ3n) is 3.40. The second kappa shape index (κ2) is 7.20. The van der Waals surface area contributed by atoms with Gasteiger partial charge in [0.15, 0.2) is 0 Å². The Morgan fingerprint density at radius 1 is 1.19 bits per heavy atom. The summed E-state index contributed by atoms with van der Waals surface area (Å²) in [6, 6.07) is 14.2. The lowest BCUT2D eigenvalue weighted by Crippen LogP contribution is -2.28. The van der Waals surface area contributed by atoms with Crippen LogP contribution in [0, 0.1) is 5.82 Å². The highest BCUT2D eigenvalue weighted by Gasteiger charge is 2.10. The number of likely N-dealkylation sites (N-methyl/N-ethyl adjacent to an activating group) is 1. The molecule has 2 rings (SSSR count). The molecule has 0 radical (unpaired) electrons. The summed E-state index contributed by atoms with van der Waals surface area (Å²) in [5, 5.41) is 0. The minimum atomic E-state index is -0.213. The molecule has 0 heterocycles. The largest absolute Gasteiger partial charge is 0.497 e. The zero-order chi connectivity index (χ0) is 15.2. The van der Waals surface area contributed by atoms with Crippen molar-refractivity contribution in [3.05, 3.63) is 65.5 Å². The van der Waals surface area contributed by atoms with E-state index in [1.54, 1.807) is 19.2 Å². The van der Waals surface area contributed by atoms with Gasteiger partial charge in [0.05, 0.1) is 7.11 Å². The first kappa shape index (κ1) is 15.5. The normalized spacial score (nSPS) is 12.4. The van der Waals surface area contributed by atoms with Crippen molar-refractivity contribution in [1.82, 2.24) is 4.90 Å². The van der Waals surface area contributed by atoms with E-state index < -0.39 is 0 Å². The molecule has 3 nitrogen and oxygen atoms in total. The van der Waals surface area contributed by atoms with Crippen LogP contribution in [-0.2, 0) is 6.54 Å². The van der Waals surface area contributed by atoms with Crippen LogP contribution >= 0.6 is 0 Å². The lowest BCUT2D eigenvalue weighted by Gasteiger charge is -2.22. The SMILES string of the molecule is COc1cccc(C(N)CN(C)Cc2ccc(F)cc2)c1. The van der Waals surface area contributed by atoms with E-state index in [1.807, 2.05) is 31.3 Å². The molecule has 0 spiro atoms. The molecule has 0 amide bonds. The standard InChI is InChI=1S/C17H21FN2O/c1-20(11-13-6-8-15(18)9-7-13)12-17(19)14-4-3-5-16(10-14)21-2/h3-10,17H,11-12,19H2,1-2H3. The molecular weight excluding hydrogens is 267 g/mol. The molecule has 0 aliphatic carbocycles. The van der Waals surface area contributed by atoms with Crippen LogP contribution in [0.1, 0.15) is 17.2 Å². The fourth-order valence-electron chi connectivity index (χ4n) is 2.28. The van der Waals surface area contributed by atoms with Gasteiger partial charge in [0.25, 0.3) is 0 Å². The highest BCUT2D eigenvalue weighted by molar-refractivity contribution is 5.30. The van der Waals surface area contributed by atoms with Gasteiger partial charge in [-0.3, -0.25) is 0 Å². The highest BCUT2D eigenvalue weighted by atomic mass is 19.1. The fourth-order valence-corrected chi connectivity index (χ4v) is 2.28. The van der Waals surface area contributed by atoms with Gasteiger partial charge < -0.3 is 15.4 Å². The number of rotatable bonds is 6. The number of nitrogens with zero attached hydrogens (tertiary/aromatic N) is 1. The molecule has 0 bridgehead atoms. The Kier molecular flexibility index (Phi) is 5.31. The summed E-state index contributed by atoms with van der Waals surface area (Å²) in [4.78, 5) is 2.12. The maximum Gasteiger partial charge on any atom is 0.123 e. The molecule has 0 fully saturated rings. The first-order valence-electron chi connectivity index (χ1n) is 6.91. The van der Waals surface area contributed by atoms with Crippen LogP contribution in [0.3, 0.4) is 0 Å². The summed E-state index contributed by atoms with van der Waals surface area (Å²) >= 11 is 0. The molecule has 2 N–H and O–H groups in total. The van der Waals surface area contributed by atoms with E-state index in [9.17, 15) is 4.39 Å². The third kappa shape index (κ3) is 4.55. The van der Waals surface area contributed by atoms with E-state index in [2.05, 4.69) is 4.90 Å². The molecule has 0 saturated carbocycles. The van der Waals surface area contributed by atoms with E-state index >= 15 is 0 Å². The van der Waals surface area contributed by atoms with Gasteiger partial charge in [0.2, 0.25) is 0 Å². The molecule has 4 heteroatoms. The molecule has 112 valence electrons. The molecule has 0 aliphatic heterocycles. The van der Waals surface area contributed by atoms with Crippen molar-refractivity contribution in [3.8, 4) is 5.75 Å². The number of methoxy groups -OCH3 is 1. The second-order valence-electron chi connectivity index (χ2n) is 5.21. The van der Waals surface area contributed by atoms with Crippen molar-refractivity contribution < 1.29 is 9.13 Å². The molecule has 0 saturated heterocycles. The molecular formula is C17H21FN2O. The topological polar surface area (TPSA) is 38.5 Å². The molecule has 0 aromatic heterocycles. The number of hydrogen-bond acceptors (Lipinski definition) is 3. The monoisotopic (exact) mass is 288 g/mol. The predicted octanol–water partition coefficient (Wildman–Crippen LogP) is 2.97. The first-order valence-corrected chi connectivity index (χ1v) is 6.91. The highest BCUT2D eigenvalue weighted by Crippen LogP contribution is 2.18. The zero-order valence-electron chi connectivity index (χ0n) is 12.4. The van der Waals surface area contributed by atoms with Crippen LogP contribution in [0.5, 0.6) is 5.75 Å². The lowest BCUT2D eigenvalue weighted by molar-refractivity contribution is 0.305. The van der Waals surface area contributed by atoms with Crippen LogP contribution in [-0.4, -0.2) is 25.6 Å². The van der Waals surface area contributed by atoms with Crippen molar-refractivity contribution in [3.63, 3.8) is 0 Å². The molecule has 0 aliphatic rings. The third-order valence-corrected chi connectivity index (χ3v) is 3.40. The van der Waals surface area contributed by atoms with Crippen LogP contribution in [0.2, 0.25) is 0 Å².